The van der Waals surface area contributed by atoms with Crippen molar-refractivity contribution < 1.29 is 13.2 Å². The minimum absolute atomic E-state index is 0.398. The quantitative estimate of drug-likeness (QED) is 0.889. The number of piperidine rings is 1. The number of nitrogens with one attached hydrogen (secondary N) is 2. The van der Waals surface area contributed by atoms with Crippen LogP contribution in [0.15, 0.2) is 30.5 Å². The predicted molar refractivity (Wildman–Crippen MR) is 73.9 cm³/mol. The van der Waals surface area contributed by atoms with Crippen molar-refractivity contribution in [2.24, 2.45) is 0 Å². The van der Waals surface area contributed by atoms with Gasteiger partial charge in [-0.05, 0) is 43.6 Å². The van der Waals surface area contributed by atoms with Crippen LogP contribution >= 0.6 is 0 Å². The standard InChI is InChI=1S/C15H16F3N3/c16-15(17,18)12-3-1-10(2-4-12)13-9-20-14(21-13)11-5-7-19-8-6-11/h1-4,9,11,19H,5-8H2,(H,20,21). The van der Waals surface area contributed by atoms with Crippen LogP contribution in [0.3, 0.4) is 0 Å². The summed E-state index contributed by atoms with van der Waals surface area (Å²) in [5.41, 5.74) is 0.845. The molecule has 1 saturated heterocycles. The lowest BCUT2D eigenvalue weighted by atomic mass is 9.98. The zero-order chi connectivity index (χ0) is 14.9. The predicted octanol–water partition coefficient (Wildman–Crippen LogP) is 3.56. The summed E-state index contributed by atoms with van der Waals surface area (Å²) in [7, 11) is 0. The van der Waals surface area contributed by atoms with Gasteiger partial charge in [-0.2, -0.15) is 13.2 Å². The van der Waals surface area contributed by atoms with Gasteiger partial charge < -0.3 is 10.3 Å². The molecule has 2 heterocycles. The van der Waals surface area contributed by atoms with Gasteiger partial charge in [0.15, 0.2) is 0 Å². The number of rotatable bonds is 2. The molecule has 2 N–H and O–H groups in total. The Labute approximate surface area is 120 Å². The summed E-state index contributed by atoms with van der Waals surface area (Å²) in [4.78, 5) is 7.62. The largest absolute Gasteiger partial charge is 0.416 e. The SMILES string of the molecule is FC(F)(F)c1ccc(-c2cnc(C3CCNCC3)[nH]2)cc1. The number of halogens is 3. The van der Waals surface area contributed by atoms with Gasteiger partial charge in [0, 0.05) is 5.92 Å². The fourth-order valence-corrected chi connectivity index (χ4v) is 2.62. The van der Waals surface area contributed by atoms with E-state index in [2.05, 4.69) is 15.3 Å². The fraction of sp³-hybridized carbons (Fsp3) is 0.400. The molecule has 0 spiro atoms. The second-order valence-corrected chi connectivity index (χ2v) is 5.28. The van der Waals surface area contributed by atoms with Gasteiger partial charge in [-0.1, -0.05) is 12.1 Å². The number of aromatic nitrogens is 2. The number of aromatic amines is 1. The molecule has 2 aromatic rings. The molecule has 1 aliphatic heterocycles. The molecule has 1 aromatic carbocycles. The maximum absolute atomic E-state index is 12.5. The molecular formula is C15H16F3N3. The number of benzene rings is 1. The third kappa shape index (κ3) is 3.10. The molecule has 1 aromatic heterocycles. The van der Waals surface area contributed by atoms with Crippen molar-refractivity contribution in [1.29, 1.82) is 0 Å². The highest BCUT2D eigenvalue weighted by molar-refractivity contribution is 5.59. The Morgan fingerprint density at radius 1 is 1.05 bits per heavy atom. The Morgan fingerprint density at radius 3 is 2.33 bits per heavy atom. The van der Waals surface area contributed by atoms with E-state index in [1.165, 1.54) is 12.1 Å². The molecule has 21 heavy (non-hydrogen) atoms. The summed E-state index contributed by atoms with van der Waals surface area (Å²) in [6.45, 7) is 1.95. The highest BCUT2D eigenvalue weighted by Gasteiger charge is 2.30. The Morgan fingerprint density at radius 2 is 1.71 bits per heavy atom. The molecule has 0 aliphatic carbocycles. The van der Waals surface area contributed by atoms with Gasteiger partial charge in [0.05, 0.1) is 17.5 Å². The average Bonchev–Trinajstić information content (AvgIpc) is 2.97. The van der Waals surface area contributed by atoms with Gasteiger partial charge in [-0.3, -0.25) is 0 Å². The number of hydrogen-bond donors (Lipinski definition) is 2. The second kappa shape index (κ2) is 5.52. The number of hydrogen-bond acceptors (Lipinski definition) is 2. The van der Waals surface area contributed by atoms with Crippen molar-refractivity contribution in [2.45, 2.75) is 24.9 Å². The van der Waals surface area contributed by atoms with E-state index in [4.69, 9.17) is 0 Å². The molecular weight excluding hydrogens is 279 g/mol. The van der Waals surface area contributed by atoms with E-state index < -0.39 is 11.7 Å². The van der Waals surface area contributed by atoms with Crippen LogP contribution in [0.4, 0.5) is 13.2 Å². The molecule has 1 aliphatic rings. The van der Waals surface area contributed by atoms with E-state index in [1.54, 1.807) is 6.20 Å². The zero-order valence-electron chi connectivity index (χ0n) is 11.4. The van der Waals surface area contributed by atoms with Gasteiger partial charge in [-0.25, -0.2) is 4.98 Å². The van der Waals surface area contributed by atoms with Crippen LogP contribution in [0.5, 0.6) is 0 Å². The summed E-state index contributed by atoms with van der Waals surface area (Å²) < 4.78 is 37.6. The zero-order valence-corrected chi connectivity index (χ0v) is 11.4. The molecule has 3 rings (SSSR count). The average molecular weight is 295 g/mol. The van der Waals surface area contributed by atoms with E-state index in [9.17, 15) is 13.2 Å². The van der Waals surface area contributed by atoms with E-state index in [1.807, 2.05) is 0 Å². The number of alkyl halides is 3. The third-order valence-corrected chi connectivity index (χ3v) is 3.84. The highest BCUT2D eigenvalue weighted by atomic mass is 19.4. The number of nitrogens with zero attached hydrogens (tertiary/aromatic N) is 1. The minimum atomic E-state index is -4.30. The molecule has 0 atom stereocenters. The topological polar surface area (TPSA) is 40.7 Å². The molecule has 0 bridgehead atoms. The Bertz CT molecular complexity index is 595. The number of imidazole rings is 1. The first kappa shape index (κ1) is 14.1. The lowest BCUT2D eigenvalue weighted by Crippen LogP contribution is -2.27. The molecule has 0 radical (unpaired) electrons. The lowest BCUT2D eigenvalue weighted by Gasteiger charge is -2.20. The van der Waals surface area contributed by atoms with E-state index in [0.29, 0.717) is 5.92 Å². The van der Waals surface area contributed by atoms with Crippen LogP contribution in [-0.4, -0.2) is 23.1 Å². The third-order valence-electron chi connectivity index (χ3n) is 3.84. The van der Waals surface area contributed by atoms with Crippen molar-refractivity contribution in [3.8, 4) is 11.3 Å². The Balaban J connectivity index is 1.79. The van der Waals surface area contributed by atoms with Crippen molar-refractivity contribution in [3.63, 3.8) is 0 Å². The first-order valence-electron chi connectivity index (χ1n) is 6.97. The van der Waals surface area contributed by atoms with Crippen LogP contribution in [0.1, 0.15) is 30.1 Å². The smallest absolute Gasteiger partial charge is 0.342 e. The monoisotopic (exact) mass is 295 g/mol. The summed E-state index contributed by atoms with van der Waals surface area (Å²) >= 11 is 0. The Hall–Kier alpha value is -1.82. The van der Waals surface area contributed by atoms with Crippen LogP contribution in [0, 0.1) is 0 Å². The van der Waals surface area contributed by atoms with Crippen molar-refractivity contribution >= 4 is 0 Å². The van der Waals surface area contributed by atoms with Crippen molar-refractivity contribution in [3.05, 3.63) is 41.9 Å². The van der Waals surface area contributed by atoms with Gasteiger partial charge in [-0.15, -0.1) is 0 Å². The second-order valence-electron chi connectivity index (χ2n) is 5.28. The van der Waals surface area contributed by atoms with Crippen molar-refractivity contribution in [2.75, 3.05) is 13.1 Å². The molecule has 0 unspecified atom stereocenters. The van der Waals surface area contributed by atoms with Gasteiger partial charge in [0.25, 0.3) is 0 Å². The van der Waals surface area contributed by atoms with Crippen LogP contribution < -0.4 is 5.32 Å². The molecule has 3 nitrogen and oxygen atoms in total. The lowest BCUT2D eigenvalue weighted by molar-refractivity contribution is -0.137. The van der Waals surface area contributed by atoms with E-state index >= 15 is 0 Å². The molecule has 1 fully saturated rings. The molecule has 0 amide bonds. The summed E-state index contributed by atoms with van der Waals surface area (Å²) in [6, 6.07) is 5.14. The summed E-state index contributed by atoms with van der Waals surface area (Å²) in [5.74, 6) is 1.32. The number of H-pyrrole nitrogens is 1. The first-order valence-corrected chi connectivity index (χ1v) is 6.97. The minimum Gasteiger partial charge on any atom is -0.342 e. The van der Waals surface area contributed by atoms with Crippen LogP contribution in [0.2, 0.25) is 0 Å². The summed E-state index contributed by atoms with van der Waals surface area (Å²) in [6.07, 6.45) is -0.549. The van der Waals surface area contributed by atoms with Crippen molar-refractivity contribution in [1.82, 2.24) is 15.3 Å². The Kier molecular flexibility index (Phi) is 3.71. The first-order chi connectivity index (χ1) is 10.0. The molecule has 0 saturated carbocycles. The maximum Gasteiger partial charge on any atom is 0.416 e. The summed E-state index contributed by atoms with van der Waals surface area (Å²) in [5, 5.41) is 3.30. The van der Waals surface area contributed by atoms with E-state index in [-0.39, 0.29) is 0 Å². The van der Waals surface area contributed by atoms with E-state index in [0.717, 1.165) is 55.1 Å². The molecule has 112 valence electrons. The van der Waals surface area contributed by atoms with Gasteiger partial charge in [0.2, 0.25) is 0 Å². The highest BCUT2D eigenvalue weighted by Crippen LogP contribution is 2.31. The van der Waals surface area contributed by atoms with Crippen LogP contribution in [-0.2, 0) is 6.18 Å². The van der Waals surface area contributed by atoms with Gasteiger partial charge in [0.1, 0.15) is 5.82 Å². The maximum atomic E-state index is 12.5. The molecule has 6 heteroatoms. The van der Waals surface area contributed by atoms with Crippen LogP contribution in [0.25, 0.3) is 11.3 Å². The normalized spacial score (nSPS) is 17.1. The van der Waals surface area contributed by atoms with Gasteiger partial charge >= 0.3 is 6.18 Å². The fourth-order valence-electron chi connectivity index (χ4n) is 2.62.